The van der Waals surface area contributed by atoms with Crippen molar-refractivity contribution in [2.24, 2.45) is 11.8 Å². The summed E-state index contributed by atoms with van der Waals surface area (Å²) in [6.45, 7) is 7.31. The van der Waals surface area contributed by atoms with E-state index in [4.69, 9.17) is 11.6 Å². The fourth-order valence-corrected chi connectivity index (χ4v) is 7.23. The standard InChI is InChI=1S/C32H29BrClN3O4/c1-18-6-5-7-23(16-18)35-29(40)32(17-19-8-14-22(34)15-9-19)25-24(27(38)37(28(25)39)31(2,3)4)26(36(32)30(35)41)20-10-12-21(33)13-11-20/h5-16,24-26H,17H2,1-4H3/t24-,25-,26-,32-/m1/s1. The summed E-state index contributed by atoms with van der Waals surface area (Å²) in [7, 11) is 0. The van der Waals surface area contributed by atoms with E-state index >= 15 is 0 Å². The minimum atomic E-state index is -1.62. The Morgan fingerprint density at radius 1 is 0.902 bits per heavy atom. The Hall–Kier alpha value is -3.49. The number of anilines is 1. The summed E-state index contributed by atoms with van der Waals surface area (Å²) in [5.41, 5.74) is 0.304. The predicted octanol–water partition coefficient (Wildman–Crippen LogP) is 6.32. The zero-order chi connectivity index (χ0) is 29.4. The summed E-state index contributed by atoms with van der Waals surface area (Å²) in [6.07, 6.45) is 0.0578. The molecule has 3 aromatic rings. The van der Waals surface area contributed by atoms with Crippen molar-refractivity contribution in [2.45, 2.75) is 51.2 Å². The number of carbonyl (C=O) groups is 4. The van der Waals surface area contributed by atoms with Gasteiger partial charge in [-0.05, 0) is 80.8 Å². The van der Waals surface area contributed by atoms with Crippen LogP contribution in [0.3, 0.4) is 0 Å². The molecule has 3 aliphatic heterocycles. The van der Waals surface area contributed by atoms with Gasteiger partial charge in [-0.1, -0.05) is 63.9 Å². The Balaban J connectivity index is 1.63. The zero-order valence-corrected chi connectivity index (χ0v) is 25.4. The summed E-state index contributed by atoms with van der Waals surface area (Å²) in [6, 6.07) is 20.2. The number of nitrogens with zero attached hydrogens (tertiary/aromatic N) is 3. The van der Waals surface area contributed by atoms with Crippen LogP contribution in [-0.2, 0) is 20.8 Å². The highest BCUT2D eigenvalue weighted by molar-refractivity contribution is 9.10. The molecule has 6 rings (SSSR count). The number of carbonyl (C=O) groups excluding carboxylic acids is 4. The molecular weight excluding hydrogens is 606 g/mol. The smallest absolute Gasteiger partial charge is 0.300 e. The van der Waals surface area contributed by atoms with Gasteiger partial charge in [-0.3, -0.25) is 19.3 Å². The maximum Gasteiger partial charge on any atom is 0.332 e. The molecule has 0 unspecified atom stereocenters. The summed E-state index contributed by atoms with van der Waals surface area (Å²) < 4.78 is 0.832. The Kier molecular flexibility index (Phi) is 6.43. The second-order valence-corrected chi connectivity index (χ2v) is 13.4. The molecule has 0 aliphatic carbocycles. The van der Waals surface area contributed by atoms with Gasteiger partial charge in [0.1, 0.15) is 5.54 Å². The average Bonchev–Trinajstić information content (AvgIpc) is 3.43. The second-order valence-electron chi connectivity index (χ2n) is 12.0. The molecule has 3 fully saturated rings. The number of benzene rings is 3. The molecule has 3 saturated heterocycles. The Morgan fingerprint density at radius 2 is 1.56 bits per heavy atom. The molecule has 210 valence electrons. The van der Waals surface area contributed by atoms with Crippen molar-refractivity contribution in [3.63, 3.8) is 0 Å². The first-order valence-electron chi connectivity index (χ1n) is 13.5. The normalized spacial score (nSPS) is 25.8. The van der Waals surface area contributed by atoms with Crippen LogP contribution in [0.25, 0.3) is 0 Å². The van der Waals surface area contributed by atoms with Crippen LogP contribution < -0.4 is 4.90 Å². The largest absolute Gasteiger partial charge is 0.332 e. The van der Waals surface area contributed by atoms with E-state index in [9.17, 15) is 19.2 Å². The van der Waals surface area contributed by atoms with Crippen LogP contribution in [0.1, 0.15) is 43.5 Å². The Labute approximate surface area is 252 Å². The van der Waals surface area contributed by atoms with Crippen LogP contribution in [-0.4, -0.2) is 44.6 Å². The van der Waals surface area contributed by atoms with Crippen LogP contribution in [0.5, 0.6) is 0 Å². The van der Waals surface area contributed by atoms with Gasteiger partial charge in [0.15, 0.2) is 0 Å². The molecule has 0 N–H and O–H groups in total. The molecule has 3 heterocycles. The number of aryl methyl sites for hydroxylation is 1. The van der Waals surface area contributed by atoms with Crippen LogP contribution in [0.2, 0.25) is 5.02 Å². The van der Waals surface area contributed by atoms with Crippen molar-refractivity contribution < 1.29 is 19.2 Å². The molecule has 3 aliphatic rings. The van der Waals surface area contributed by atoms with Crippen molar-refractivity contribution in [1.29, 1.82) is 0 Å². The fourth-order valence-electron chi connectivity index (χ4n) is 6.84. The highest BCUT2D eigenvalue weighted by Crippen LogP contribution is 2.60. The molecule has 0 bridgehead atoms. The predicted molar refractivity (Wildman–Crippen MR) is 159 cm³/mol. The van der Waals surface area contributed by atoms with Crippen LogP contribution in [0.15, 0.2) is 77.3 Å². The summed E-state index contributed by atoms with van der Waals surface area (Å²) in [5, 5.41) is 0.529. The van der Waals surface area contributed by atoms with Gasteiger partial charge in [-0.2, -0.15) is 0 Å². The summed E-state index contributed by atoms with van der Waals surface area (Å²) >= 11 is 9.65. The number of imide groups is 2. The lowest BCUT2D eigenvalue weighted by molar-refractivity contribution is -0.149. The molecular formula is C32H29BrClN3O4. The SMILES string of the molecule is Cc1cccc(N2C(=O)N3[C@H](c4ccc(Br)cc4)[C@@H]4C(=O)N(C(C)(C)C)C(=O)[C@@H]4[C@]3(Cc3ccc(Cl)cc3)C2=O)c1. The number of rotatable bonds is 4. The maximum absolute atomic E-state index is 14.8. The van der Waals surface area contributed by atoms with E-state index in [1.807, 2.05) is 58.0 Å². The number of urea groups is 1. The van der Waals surface area contributed by atoms with E-state index in [1.54, 1.807) is 42.5 Å². The monoisotopic (exact) mass is 633 g/mol. The summed E-state index contributed by atoms with van der Waals surface area (Å²) in [4.78, 5) is 61.9. The van der Waals surface area contributed by atoms with E-state index in [0.717, 1.165) is 15.6 Å². The van der Waals surface area contributed by atoms with Crippen LogP contribution >= 0.6 is 27.5 Å². The van der Waals surface area contributed by atoms with Gasteiger partial charge in [0, 0.05) is 21.5 Å². The lowest BCUT2D eigenvalue weighted by Gasteiger charge is -2.38. The van der Waals surface area contributed by atoms with E-state index < -0.39 is 46.8 Å². The first-order valence-corrected chi connectivity index (χ1v) is 14.7. The van der Waals surface area contributed by atoms with Crippen LogP contribution in [0.4, 0.5) is 10.5 Å². The molecule has 0 saturated carbocycles. The van der Waals surface area contributed by atoms with Gasteiger partial charge >= 0.3 is 6.03 Å². The summed E-state index contributed by atoms with van der Waals surface area (Å²) in [5.74, 6) is -3.28. The Morgan fingerprint density at radius 3 is 2.17 bits per heavy atom. The van der Waals surface area contributed by atoms with Crippen molar-refractivity contribution >= 4 is 57.0 Å². The van der Waals surface area contributed by atoms with Crippen molar-refractivity contribution in [2.75, 3.05) is 4.90 Å². The molecule has 0 spiro atoms. The highest BCUT2D eigenvalue weighted by Gasteiger charge is 2.77. The second kappa shape index (κ2) is 9.53. The van der Waals surface area contributed by atoms with Gasteiger partial charge in [-0.15, -0.1) is 0 Å². The number of amides is 5. The number of likely N-dealkylation sites (tertiary alicyclic amines) is 1. The average molecular weight is 635 g/mol. The van der Waals surface area contributed by atoms with Gasteiger partial charge in [-0.25, -0.2) is 9.69 Å². The third-order valence-electron chi connectivity index (χ3n) is 8.41. The minimum absolute atomic E-state index is 0.0578. The topological polar surface area (TPSA) is 78.0 Å². The van der Waals surface area contributed by atoms with E-state index in [-0.39, 0.29) is 12.3 Å². The molecule has 9 heteroatoms. The lowest BCUT2D eigenvalue weighted by atomic mass is 9.75. The van der Waals surface area contributed by atoms with E-state index in [0.29, 0.717) is 16.3 Å². The number of hydrogen-bond donors (Lipinski definition) is 0. The van der Waals surface area contributed by atoms with Gasteiger partial charge in [0.25, 0.3) is 5.91 Å². The third kappa shape index (κ3) is 4.06. The first kappa shape index (κ1) is 27.7. The lowest BCUT2D eigenvalue weighted by Crippen LogP contribution is -2.57. The number of hydrogen-bond acceptors (Lipinski definition) is 4. The molecule has 3 aromatic carbocycles. The quantitative estimate of drug-likeness (QED) is 0.249. The minimum Gasteiger partial charge on any atom is -0.300 e. The van der Waals surface area contributed by atoms with Crippen molar-refractivity contribution in [3.05, 3.63) is 99.0 Å². The van der Waals surface area contributed by atoms with Gasteiger partial charge < -0.3 is 4.90 Å². The number of fused-ring (bicyclic) bond motifs is 3. The third-order valence-corrected chi connectivity index (χ3v) is 9.19. The van der Waals surface area contributed by atoms with Crippen molar-refractivity contribution in [1.82, 2.24) is 9.80 Å². The molecule has 0 radical (unpaired) electrons. The first-order chi connectivity index (χ1) is 19.4. The Bertz CT molecular complexity index is 1600. The molecule has 4 atom stereocenters. The van der Waals surface area contributed by atoms with Crippen LogP contribution in [0, 0.1) is 18.8 Å². The van der Waals surface area contributed by atoms with E-state index in [1.165, 1.54) is 14.7 Å². The van der Waals surface area contributed by atoms with Gasteiger partial charge in [0.05, 0.1) is 23.6 Å². The maximum atomic E-state index is 14.8. The van der Waals surface area contributed by atoms with E-state index in [2.05, 4.69) is 15.9 Å². The molecule has 0 aromatic heterocycles. The van der Waals surface area contributed by atoms with Crippen molar-refractivity contribution in [3.8, 4) is 0 Å². The molecule has 5 amide bonds. The molecule has 7 nitrogen and oxygen atoms in total. The zero-order valence-electron chi connectivity index (χ0n) is 23.1. The fraction of sp³-hybridized carbons (Fsp3) is 0.312. The number of halogens is 2. The molecule has 41 heavy (non-hydrogen) atoms. The highest BCUT2D eigenvalue weighted by atomic mass is 79.9. The van der Waals surface area contributed by atoms with Gasteiger partial charge in [0.2, 0.25) is 11.8 Å².